The van der Waals surface area contributed by atoms with Gasteiger partial charge in [-0.25, -0.2) is 8.42 Å². The monoisotopic (exact) mass is 439 g/mol. The Kier molecular flexibility index (Phi) is 5.69. The van der Waals surface area contributed by atoms with Gasteiger partial charge in [0.15, 0.2) is 15.6 Å². The molecule has 2 aromatic carbocycles. The minimum Gasteiger partial charge on any atom is -0.451 e. The molecule has 0 spiro atoms. The van der Waals surface area contributed by atoms with E-state index in [0.29, 0.717) is 30.2 Å². The molecule has 1 unspecified atom stereocenters. The molecule has 31 heavy (non-hydrogen) atoms. The normalized spacial score (nSPS) is 18.0. The Morgan fingerprint density at radius 2 is 1.84 bits per heavy atom. The quantitative estimate of drug-likeness (QED) is 0.561. The van der Waals surface area contributed by atoms with Crippen molar-refractivity contribution in [2.24, 2.45) is 0 Å². The Morgan fingerprint density at radius 3 is 2.45 bits per heavy atom. The van der Waals surface area contributed by atoms with Crippen LogP contribution in [0.5, 0.6) is 0 Å². The lowest BCUT2D eigenvalue weighted by atomic mass is 10.0. The number of benzene rings is 2. The number of hydrogen-bond donors (Lipinski definition) is 0. The number of carbonyl (C=O) groups excluding carboxylic acids is 1. The minimum absolute atomic E-state index is 0.00119. The Morgan fingerprint density at radius 1 is 1.13 bits per heavy atom. The molecule has 0 bridgehead atoms. The topological polar surface area (TPSA) is 67.6 Å². The van der Waals surface area contributed by atoms with Crippen LogP contribution in [0.25, 0.3) is 11.0 Å². The van der Waals surface area contributed by atoms with Gasteiger partial charge in [-0.3, -0.25) is 4.79 Å². The number of aryl methyl sites for hydroxylation is 2. The van der Waals surface area contributed by atoms with Gasteiger partial charge >= 0.3 is 0 Å². The molecule has 5 nitrogen and oxygen atoms in total. The van der Waals surface area contributed by atoms with Gasteiger partial charge in [0.05, 0.1) is 11.5 Å². The summed E-state index contributed by atoms with van der Waals surface area (Å²) in [6.07, 6.45) is 0.455. The van der Waals surface area contributed by atoms with Gasteiger partial charge in [-0.05, 0) is 48.9 Å². The number of amides is 1. The van der Waals surface area contributed by atoms with Gasteiger partial charge in [0, 0.05) is 23.5 Å². The molecule has 1 amide bonds. The van der Waals surface area contributed by atoms with Gasteiger partial charge in [-0.1, -0.05) is 50.2 Å². The van der Waals surface area contributed by atoms with E-state index >= 15 is 0 Å². The zero-order chi connectivity index (χ0) is 22.3. The summed E-state index contributed by atoms with van der Waals surface area (Å²) >= 11 is 0. The van der Waals surface area contributed by atoms with Crippen molar-refractivity contribution in [3.05, 3.63) is 70.5 Å². The van der Waals surface area contributed by atoms with E-state index in [1.165, 1.54) is 5.56 Å². The molecular weight excluding hydrogens is 410 g/mol. The summed E-state index contributed by atoms with van der Waals surface area (Å²) in [4.78, 5) is 15.3. The zero-order valence-electron chi connectivity index (χ0n) is 18.5. The van der Waals surface area contributed by atoms with Crippen molar-refractivity contribution in [1.29, 1.82) is 0 Å². The van der Waals surface area contributed by atoms with Crippen LogP contribution in [0.4, 0.5) is 0 Å². The lowest BCUT2D eigenvalue weighted by Crippen LogP contribution is -2.40. The highest BCUT2D eigenvalue weighted by molar-refractivity contribution is 7.91. The van der Waals surface area contributed by atoms with Crippen LogP contribution in [0.2, 0.25) is 0 Å². The molecule has 1 aliphatic heterocycles. The van der Waals surface area contributed by atoms with E-state index in [0.717, 1.165) is 22.1 Å². The van der Waals surface area contributed by atoms with Gasteiger partial charge in [-0.2, -0.15) is 0 Å². The third-order valence-corrected chi connectivity index (χ3v) is 7.95. The number of furan rings is 1. The van der Waals surface area contributed by atoms with E-state index in [-0.39, 0.29) is 23.5 Å². The maximum atomic E-state index is 13.6. The molecule has 0 N–H and O–H groups in total. The van der Waals surface area contributed by atoms with Crippen LogP contribution >= 0.6 is 0 Å². The van der Waals surface area contributed by atoms with Gasteiger partial charge in [-0.15, -0.1) is 0 Å². The first-order valence-corrected chi connectivity index (χ1v) is 12.6. The molecule has 2 heterocycles. The van der Waals surface area contributed by atoms with Crippen molar-refractivity contribution < 1.29 is 17.6 Å². The molecule has 3 aromatic rings. The lowest BCUT2D eigenvalue weighted by molar-refractivity contribution is 0.0649. The summed E-state index contributed by atoms with van der Waals surface area (Å²) in [5.74, 6) is 0.589. The Labute approximate surface area is 184 Å². The molecule has 1 aromatic heterocycles. The average Bonchev–Trinajstić information content (AvgIpc) is 3.24. The number of sulfone groups is 1. The predicted octanol–water partition coefficient (Wildman–Crippen LogP) is 5.00. The van der Waals surface area contributed by atoms with E-state index in [4.69, 9.17) is 4.42 Å². The Balaban J connectivity index is 1.70. The molecular formula is C25H29NO4S. The summed E-state index contributed by atoms with van der Waals surface area (Å²) in [5.41, 5.74) is 4.74. The lowest BCUT2D eigenvalue weighted by Gasteiger charge is -2.28. The second-order valence-electron chi connectivity index (χ2n) is 8.94. The number of hydrogen-bond acceptors (Lipinski definition) is 4. The standard InChI is InChI=1S/C25H29NO4S/c1-16(2)20-8-6-19(7-9-20)14-26(21-11-12-31(28,29)15-21)25(27)24-18(4)22-10-5-17(3)13-23(22)30-24/h5-10,13,16,21H,11-12,14-15H2,1-4H3. The number of nitrogens with zero attached hydrogens (tertiary/aromatic N) is 1. The van der Waals surface area contributed by atoms with Gasteiger partial charge in [0.2, 0.25) is 0 Å². The summed E-state index contributed by atoms with van der Waals surface area (Å²) in [6, 6.07) is 13.7. The van der Waals surface area contributed by atoms with E-state index in [1.54, 1.807) is 4.90 Å². The second kappa shape index (κ2) is 8.15. The fourth-order valence-corrected chi connectivity index (χ4v) is 5.99. The van der Waals surface area contributed by atoms with Gasteiger partial charge in [0.25, 0.3) is 5.91 Å². The summed E-state index contributed by atoms with van der Waals surface area (Å²) in [7, 11) is -3.13. The summed E-state index contributed by atoms with van der Waals surface area (Å²) in [6.45, 7) is 8.50. The highest BCUT2D eigenvalue weighted by Crippen LogP contribution is 2.30. The van der Waals surface area contributed by atoms with Crippen LogP contribution in [-0.2, 0) is 16.4 Å². The SMILES string of the molecule is Cc1ccc2c(C)c(C(=O)N(Cc3ccc(C(C)C)cc3)C3CCS(=O)(=O)C3)oc2c1. The Hall–Kier alpha value is -2.60. The third-order valence-electron chi connectivity index (χ3n) is 6.20. The zero-order valence-corrected chi connectivity index (χ0v) is 19.3. The van der Waals surface area contributed by atoms with E-state index in [9.17, 15) is 13.2 Å². The Bertz CT molecular complexity index is 1220. The molecule has 1 atom stereocenters. The first kappa shape index (κ1) is 21.6. The molecule has 1 fully saturated rings. The van der Waals surface area contributed by atoms with Crippen molar-refractivity contribution in [3.63, 3.8) is 0 Å². The smallest absolute Gasteiger partial charge is 0.290 e. The van der Waals surface area contributed by atoms with Crippen LogP contribution in [0.1, 0.15) is 59.0 Å². The maximum absolute atomic E-state index is 13.6. The molecule has 1 saturated heterocycles. The third kappa shape index (κ3) is 4.40. The summed E-state index contributed by atoms with van der Waals surface area (Å²) in [5, 5.41) is 0.911. The van der Waals surface area contributed by atoms with E-state index in [1.807, 2.05) is 44.2 Å². The average molecular weight is 440 g/mol. The highest BCUT2D eigenvalue weighted by atomic mass is 32.2. The van der Waals surface area contributed by atoms with Crippen molar-refractivity contribution in [1.82, 2.24) is 4.90 Å². The van der Waals surface area contributed by atoms with Crippen molar-refractivity contribution in [2.45, 2.75) is 52.6 Å². The van der Waals surface area contributed by atoms with Crippen molar-refractivity contribution in [2.75, 3.05) is 11.5 Å². The number of fused-ring (bicyclic) bond motifs is 1. The van der Waals surface area contributed by atoms with Crippen LogP contribution in [0, 0.1) is 13.8 Å². The summed E-state index contributed by atoms with van der Waals surface area (Å²) < 4.78 is 30.3. The molecule has 0 radical (unpaired) electrons. The van der Waals surface area contributed by atoms with E-state index < -0.39 is 9.84 Å². The number of rotatable bonds is 5. The molecule has 0 saturated carbocycles. The number of carbonyl (C=O) groups is 1. The van der Waals surface area contributed by atoms with Crippen LogP contribution in [-0.4, -0.2) is 36.8 Å². The highest BCUT2D eigenvalue weighted by Gasteiger charge is 2.36. The molecule has 0 aliphatic carbocycles. The van der Waals surface area contributed by atoms with E-state index in [2.05, 4.69) is 26.0 Å². The molecule has 1 aliphatic rings. The van der Waals surface area contributed by atoms with Gasteiger partial charge in [0.1, 0.15) is 5.58 Å². The maximum Gasteiger partial charge on any atom is 0.290 e. The molecule has 6 heteroatoms. The van der Waals surface area contributed by atoms with Crippen LogP contribution in [0.3, 0.4) is 0 Å². The molecule has 164 valence electrons. The van der Waals surface area contributed by atoms with Crippen LogP contribution in [0.15, 0.2) is 46.9 Å². The fourth-order valence-electron chi connectivity index (χ4n) is 4.26. The largest absolute Gasteiger partial charge is 0.451 e. The van der Waals surface area contributed by atoms with Gasteiger partial charge < -0.3 is 9.32 Å². The predicted molar refractivity (Wildman–Crippen MR) is 123 cm³/mol. The van der Waals surface area contributed by atoms with Crippen molar-refractivity contribution >= 4 is 26.7 Å². The minimum atomic E-state index is -3.13. The fraction of sp³-hybridized carbons (Fsp3) is 0.400. The first-order chi connectivity index (χ1) is 14.6. The first-order valence-electron chi connectivity index (χ1n) is 10.7. The second-order valence-corrected chi connectivity index (χ2v) is 11.2. The van der Waals surface area contributed by atoms with Crippen LogP contribution < -0.4 is 0 Å². The van der Waals surface area contributed by atoms with Crippen molar-refractivity contribution in [3.8, 4) is 0 Å². The molecule has 4 rings (SSSR count).